The van der Waals surface area contributed by atoms with E-state index in [2.05, 4.69) is 10.5 Å². The number of hydrazone groups is 1. The van der Waals surface area contributed by atoms with Gasteiger partial charge in [0.05, 0.1) is 11.6 Å². The number of nitrogens with one attached hydrogen (secondary N) is 1. The summed E-state index contributed by atoms with van der Waals surface area (Å²) < 4.78 is 0. The highest BCUT2D eigenvalue weighted by molar-refractivity contribution is 6.01. The van der Waals surface area contributed by atoms with E-state index < -0.39 is 5.92 Å². The summed E-state index contributed by atoms with van der Waals surface area (Å²) in [6.07, 6.45) is 0.742. The highest BCUT2D eigenvalue weighted by Gasteiger charge is 2.22. The van der Waals surface area contributed by atoms with E-state index in [1.54, 1.807) is 0 Å². The van der Waals surface area contributed by atoms with Gasteiger partial charge < -0.3 is 0 Å². The molecular formula is C23H22N2O. The van der Waals surface area contributed by atoms with E-state index >= 15 is 0 Å². The van der Waals surface area contributed by atoms with Crippen LogP contribution in [0.25, 0.3) is 0 Å². The Bertz CT molecular complexity index is 819. The molecule has 3 aromatic carbocycles. The van der Waals surface area contributed by atoms with Crippen molar-refractivity contribution in [2.45, 2.75) is 19.3 Å². The maximum atomic E-state index is 13.0. The quantitative estimate of drug-likeness (QED) is 0.510. The average molecular weight is 342 g/mol. The highest BCUT2D eigenvalue weighted by atomic mass is 16.2. The lowest BCUT2D eigenvalue weighted by Gasteiger charge is -2.16. The number of amides is 1. The van der Waals surface area contributed by atoms with E-state index in [1.165, 1.54) is 0 Å². The van der Waals surface area contributed by atoms with Crippen molar-refractivity contribution in [1.82, 2.24) is 5.43 Å². The minimum atomic E-state index is -0.393. The lowest BCUT2D eigenvalue weighted by molar-refractivity contribution is -0.121. The van der Waals surface area contributed by atoms with E-state index in [0.717, 1.165) is 28.8 Å². The molecule has 0 saturated carbocycles. The van der Waals surface area contributed by atoms with Crippen LogP contribution in [0.3, 0.4) is 0 Å². The van der Waals surface area contributed by atoms with Crippen LogP contribution in [0, 0.1) is 0 Å². The number of rotatable bonds is 6. The van der Waals surface area contributed by atoms with Crippen molar-refractivity contribution >= 4 is 11.6 Å². The van der Waals surface area contributed by atoms with Gasteiger partial charge in [-0.1, -0.05) is 97.9 Å². The Labute approximate surface area is 154 Å². The summed E-state index contributed by atoms with van der Waals surface area (Å²) in [5, 5.41) is 4.40. The first-order chi connectivity index (χ1) is 12.8. The number of benzene rings is 3. The molecule has 0 aliphatic heterocycles. The van der Waals surface area contributed by atoms with Crippen LogP contribution in [-0.4, -0.2) is 11.6 Å². The normalized spacial score (nSPS) is 11.4. The molecule has 3 aromatic rings. The molecule has 3 heteroatoms. The number of carbonyl (C=O) groups excluding carboxylic acids is 1. The Morgan fingerprint density at radius 3 is 1.73 bits per heavy atom. The first-order valence-corrected chi connectivity index (χ1v) is 8.81. The second-order valence-electron chi connectivity index (χ2n) is 6.01. The average Bonchev–Trinajstić information content (AvgIpc) is 2.71. The summed E-state index contributed by atoms with van der Waals surface area (Å²) in [5.41, 5.74) is 6.55. The van der Waals surface area contributed by atoms with Gasteiger partial charge in [0.25, 0.3) is 5.91 Å². The van der Waals surface area contributed by atoms with Gasteiger partial charge in [0.1, 0.15) is 0 Å². The molecule has 0 bridgehead atoms. The summed E-state index contributed by atoms with van der Waals surface area (Å²) in [4.78, 5) is 13.0. The van der Waals surface area contributed by atoms with Gasteiger partial charge in [-0.25, -0.2) is 5.43 Å². The molecule has 0 aliphatic rings. The molecule has 0 radical (unpaired) electrons. The Balaban J connectivity index is 1.88. The van der Waals surface area contributed by atoms with Crippen molar-refractivity contribution in [1.29, 1.82) is 0 Å². The minimum absolute atomic E-state index is 0.135. The minimum Gasteiger partial charge on any atom is -0.272 e. The Morgan fingerprint density at radius 2 is 1.27 bits per heavy atom. The second-order valence-corrected chi connectivity index (χ2v) is 6.01. The molecule has 0 aliphatic carbocycles. The predicted molar refractivity (Wildman–Crippen MR) is 106 cm³/mol. The van der Waals surface area contributed by atoms with E-state index in [-0.39, 0.29) is 5.91 Å². The molecule has 3 rings (SSSR count). The van der Waals surface area contributed by atoms with Crippen LogP contribution >= 0.6 is 0 Å². The van der Waals surface area contributed by atoms with Crippen LogP contribution in [0.1, 0.15) is 36.0 Å². The Morgan fingerprint density at radius 1 is 0.808 bits per heavy atom. The first kappa shape index (κ1) is 17.6. The molecule has 3 nitrogen and oxygen atoms in total. The summed E-state index contributed by atoms with van der Waals surface area (Å²) in [6.45, 7) is 2.03. The zero-order valence-electron chi connectivity index (χ0n) is 14.8. The van der Waals surface area contributed by atoms with Gasteiger partial charge in [0, 0.05) is 0 Å². The van der Waals surface area contributed by atoms with E-state index in [0.29, 0.717) is 0 Å². The maximum absolute atomic E-state index is 13.0. The van der Waals surface area contributed by atoms with E-state index in [1.807, 2.05) is 97.9 Å². The largest absolute Gasteiger partial charge is 0.272 e. The zero-order valence-corrected chi connectivity index (χ0v) is 14.8. The molecule has 1 N–H and O–H groups in total. The van der Waals surface area contributed by atoms with E-state index in [4.69, 9.17) is 0 Å². The smallest absolute Gasteiger partial charge is 0.252 e. The van der Waals surface area contributed by atoms with Crippen molar-refractivity contribution < 1.29 is 4.79 Å². The number of hydrogen-bond donors (Lipinski definition) is 1. The molecule has 0 spiro atoms. The highest BCUT2D eigenvalue weighted by Crippen LogP contribution is 2.24. The molecule has 0 atom stereocenters. The van der Waals surface area contributed by atoms with Crippen molar-refractivity contribution in [3.05, 3.63) is 108 Å². The first-order valence-electron chi connectivity index (χ1n) is 8.81. The van der Waals surface area contributed by atoms with Gasteiger partial charge in [-0.05, 0) is 23.1 Å². The molecule has 1 amide bonds. The topological polar surface area (TPSA) is 41.5 Å². The monoisotopic (exact) mass is 342 g/mol. The molecule has 0 heterocycles. The number of hydrogen-bond acceptors (Lipinski definition) is 2. The van der Waals surface area contributed by atoms with Crippen LogP contribution < -0.4 is 5.43 Å². The van der Waals surface area contributed by atoms with Crippen LogP contribution in [0.15, 0.2) is 96.1 Å². The molecule has 0 fully saturated rings. The molecule has 0 unspecified atom stereocenters. The van der Waals surface area contributed by atoms with Crippen LogP contribution in [0.2, 0.25) is 0 Å². The summed E-state index contributed by atoms with van der Waals surface area (Å²) in [5.74, 6) is -0.528. The van der Waals surface area contributed by atoms with Gasteiger partial charge in [0.2, 0.25) is 0 Å². The Kier molecular flexibility index (Phi) is 5.94. The summed E-state index contributed by atoms with van der Waals surface area (Å²) >= 11 is 0. The fourth-order valence-electron chi connectivity index (χ4n) is 2.95. The second kappa shape index (κ2) is 8.77. The third kappa shape index (κ3) is 4.25. The standard InChI is InChI=1S/C23H22N2O/c1-2-21(18-12-6-3-7-13-18)24-25-23(26)22(19-14-8-4-9-15-19)20-16-10-5-11-17-20/h3-17,22H,2H2,1H3,(H,25,26)/b24-21+. The number of carbonyl (C=O) groups is 1. The fourth-order valence-corrected chi connectivity index (χ4v) is 2.95. The Hall–Kier alpha value is -3.20. The zero-order chi connectivity index (χ0) is 18.2. The third-order valence-corrected chi connectivity index (χ3v) is 4.27. The SMILES string of the molecule is CC/C(=N\NC(=O)C(c1ccccc1)c1ccccc1)c1ccccc1. The predicted octanol–water partition coefficient (Wildman–Crippen LogP) is 4.75. The van der Waals surface area contributed by atoms with Gasteiger partial charge in [-0.2, -0.15) is 5.10 Å². The van der Waals surface area contributed by atoms with Crippen LogP contribution in [0.4, 0.5) is 0 Å². The maximum Gasteiger partial charge on any atom is 0.252 e. The van der Waals surface area contributed by atoms with Gasteiger partial charge in [-0.15, -0.1) is 0 Å². The molecule has 130 valence electrons. The van der Waals surface area contributed by atoms with Crippen LogP contribution in [-0.2, 0) is 4.79 Å². The van der Waals surface area contributed by atoms with E-state index in [9.17, 15) is 4.79 Å². The van der Waals surface area contributed by atoms with Gasteiger partial charge >= 0.3 is 0 Å². The van der Waals surface area contributed by atoms with Crippen LogP contribution in [0.5, 0.6) is 0 Å². The lowest BCUT2D eigenvalue weighted by Crippen LogP contribution is -2.27. The summed E-state index contributed by atoms with van der Waals surface area (Å²) in [7, 11) is 0. The van der Waals surface area contributed by atoms with Gasteiger partial charge in [0.15, 0.2) is 0 Å². The van der Waals surface area contributed by atoms with Crippen molar-refractivity contribution in [3.8, 4) is 0 Å². The van der Waals surface area contributed by atoms with Crippen molar-refractivity contribution in [3.63, 3.8) is 0 Å². The van der Waals surface area contributed by atoms with Crippen molar-refractivity contribution in [2.75, 3.05) is 0 Å². The number of nitrogens with zero attached hydrogens (tertiary/aromatic N) is 1. The van der Waals surface area contributed by atoms with Gasteiger partial charge in [-0.3, -0.25) is 4.79 Å². The lowest BCUT2D eigenvalue weighted by atomic mass is 9.91. The molecular weight excluding hydrogens is 320 g/mol. The molecule has 0 aromatic heterocycles. The summed E-state index contributed by atoms with van der Waals surface area (Å²) in [6, 6.07) is 29.5. The molecule has 0 saturated heterocycles. The fraction of sp³-hybridized carbons (Fsp3) is 0.130. The third-order valence-electron chi connectivity index (χ3n) is 4.27. The van der Waals surface area contributed by atoms with Crippen molar-refractivity contribution in [2.24, 2.45) is 5.10 Å². The molecule has 26 heavy (non-hydrogen) atoms.